The van der Waals surface area contributed by atoms with Crippen LogP contribution in [0, 0.1) is 11.7 Å². The van der Waals surface area contributed by atoms with Gasteiger partial charge in [-0.15, -0.1) is 0 Å². The topological polar surface area (TPSA) is 70.6 Å². The number of ether oxygens (including phenoxy) is 1. The standard InChI is InChI=1S/C26H26F3N5O2/c1-14(19-3-2-4-20(24(19)27)25(28)29)31-23-9-30-32-22-6-5-16(8-21(22)23)33-10-18-7-17(33)11-34(18)26(35)15-12-36-13-15/h2-6,8-9,14-15,17-18,25H,7,10-13H2,1H3,(H,31,32)/t14-,17-,18-/m1/s1. The third-order valence-electron chi connectivity index (χ3n) is 7.60. The van der Waals surface area contributed by atoms with Crippen molar-refractivity contribution in [1.82, 2.24) is 15.1 Å². The van der Waals surface area contributed by atoms with Gasteiger partial charge in [0.2, 0.25) is 5.91 Å². The highest BCUT2D eigenvalue weighted by Crippen LogP contribution is 2.38. The fraction of sp³-hybridized carbons (Fsp3) is 0.423. The van der Waals surface area contributed by atoms with Gasteiger partial charge in [0.1, 0.15) is 5.82 Å². The van der Waals surface area contributed by atoms with E-state index in [-0.39, 0.29) is 29.5 Å². The van der Waals surface area contributed by atoms with E-state index in [1.165, 1.54) is 12.1 Å². The Morgan fingerprint density at radius 2 is 1.94 bits per heavy atom. The van der Waals surface area contributed by atoms with Crippen molar-refractivity contribution >= 4 is 28.2 Å². The van der Waals surface area contributed by atoms with Crippen LogP contribution in [-0.2, 0) is 9.53 Å². The zero-order valence-electron chi connectivity index (χ0n) is 19.7. The lowest BCUT2D eigenvalue weighted by Crippen LogP contribution is -2.53. The first kappa shape index (κ1) is 23.0. The van der Waals surface area contributed by atoms with E-state index in [4.69, 9.17) is 4.74 Å². The Labute approximate surface area is 206 Å². The number of alkyl halides is 2. The molecule has 3 aliphatic rings. The summed E-state index contributed by atoms with van der Waals surface area (Å²) in [6.45, 7) is 4.23. The lowest BCUT2D eigenvalue weighted by molar-refractivity contribution is -0.151. The van der Waals surface area contributed by atoms with E-state index in [2.05, 4.69) is 20.4 Å². The SMILES string of the molecule is C[C@@H](Nc1cnnc2ccc(N3C[C@H]4C[C@@H]3CN4C(=O)C3COC3)cc12)c1cccc(C(F)F)c1F. The smallest absolute Gasteiger partial charge is 0.266 e. The van der Waals surface area contributed by atoms with Crippen molar-refractivity contribution in [2.45, 2.75) is 37.9 Å². The normalized spacial score (nSPS) is 22.4. The second-order valence-corrected chi connectivity index (χ2v) is 9.80. The van der Waals surface area contributed by atoms with Crippen LogP contribution in [0.25, 0.3) is 10.9 Å². The number of carbonyl (C=O) groups is 1. The molecule has 2 aromatic carbocycles. The molecule has 3 atom stereocenters. The Morgan fingerprint density at radius 3 is 2.64 bits per heavy atom. The van der Waals surface area contributed by atoms with Gasteiger partial charge in [0, 0.05) is 35.8 Å². The first-order chi connectivity index (χ1) is 17.4. The molecule has 188 valence electrons. The lowest BCUT2D eigenvalue weighted by atomic mass is 10.0. The number of hydrogen-bond donors (Lipinski definition) is 1. The van der Waals surface area contributed by atoms with Gasteiger partial charge in [0.25, 0.3) is 6.43 Å². The van der Waals surface area contributed by atoms with Crippen LogP contribution in [-0.4, -0.2) is 59.4 Å². The summed E-state index contributed by atoms with van der Waals surface area (Å²) < 4.78 is 46.3. The molecular weight excluding hydrogens is 471 g/mol. The predicted molar refractivity (Wildman–Crippen MR) is 128 cm³/mol. The molecule has 0 spiro atoms. The lowest BCUT2D eigenvalue weighted by Gasteiger charge is -2.38. The number of benzene rings is 2. The molecule has 3 aromatic rings. The predicted octanol–water partition coefficient (Wildman–Crippen LogP) is 4.32. The Bertz CT molecular complexity index is 1320. The molecular formula is C26H26F3N5O2. The van der Waals surface area contributed by atoms with Crippen molar-refractivity contribution in [2.24, 2.45) is 5.92 Å². The Hall–Kier alpha value is -3.40. The number of piperazine rings is 1. The molecule has 10 heteroatoms. The van der Waals surface area contributed by atoms with E-state index in [0.717, 1.165) is 30.1 Å². The number of anilines is 2. The molecule has 4 heterocycles. The highest BCUT2D eigenvalue weighted by atomic mass is 19.3. The number of amides is 1. The first-order valence-electron chi connectivity index (χ1n) is 12.1. The van der Waals surface area contributed by atoms with Gasteiger partial charge >= 0.3 is 0 Å². The molecule has 6 rings (SSSR count). The number of rotatable bonds is 6. The summed E-state index contributed by atoms with van der Waals surface area (Å²) >= 11 is 0. The second kappa shape index (κ2) is 8.92. The molecule has 36 heavy (non-hydrogen) atoms. The largest absolute Gasteiger partial charge is 0.380 e. The van der Waals surface area contributed by atoms with Gasteiger partial charge in [0.05, 0.1) is 54.2 Å². The maximum Gasteiger partial charge on any atom is 0.266 e. The first-order valence-corrected chi connectivity index (χ1v) is 12.1. The molecule has 3 fully saturated rings. The molecule has 3 saturated heterocycles. The second-order valence-electron chi connectivity index (χ2n) is 9.80. The molecule has 0 saturated carbocycles. The van der Waals surface area contributed by atoms with E-state index in [0.29, 0.717) is 31.0 Å². The number of aromatic nitrogens is 2. The number of carbonyl (C=O) groups excluding carboxylic acids is 1. The maximum absolute atomic E-state index is 14.7. The Morgan fingerprint density at radius 1 is 1.14 bits per heavy atom. The number of nitrogens with zero attached hydrogens (tertiary/aromatic N) is 4. The third-order valence-corrected chi connectivity index (χ3v) is 7.60. The molecule has 7 nitrogen and oxygen atoms in total. The van der Waals surface area contributed by atoms with Crippen LogP contribution in [0.15, 0.2) is 42.6 Å². The monoisotopic (exact) mass is 497 g/mol. The zero-order valence-corrected chi connectivity index (χ0v) is 19.7. The van der Waals surface area contributed by atoms with E-state index < -0.39 is 23.8 Å². The van der Waals surface area contributed by atoms with Crippen LogP contribution in [0.3, 0.4) is 0 Å². The number of fused-ring (bicyclic) bond motifs is 3. The average Bonchev–Trinajstić information content (AvgIpc) is 3.44. The minimum Gasteiger partial charge on any atom is -0.380 e. The van der Waals surface area contributed by atoms with Gasteiger partial charge in [-0.2, -0.15) is 10.2 Å². The summed E-state index contributed by atoms with van der Waals surface area (Å²) in [6.07, 6.45) is -0.380. The van der Waals surface area contributed by atoms with E-state index >= 15 is 0 Å². The van der Waals surface area contributed by atoms with Gasteiger partial charge in [-0.25, -0.2) is 13.2 Å². The van der Waals surface area contributed by atoms with Crippen molar-refractivity contribution in [3.8, 4) is 0 Å². The van der Waals surface area contributed by atoms with Crippen LogP contribution in [0.1, 0.15) is 36.9 Å². The van der Waals surface area contributed by atoms with Gasteiger partial charge in [0.15, 0.2) is 0 Å². The zero-order chi connectivity index (χ0) is 25.0. The number of hydrogen-bond acceptors (Lipinski definition) is 6. The maximum atomic E-state index is 14.7. The van der Waals surface area contributed by atoms with Gasteiger partial charge < -0.3 is 19.9 Å². The Balaban J connectivity index is 1.24. The van der Waals surface area contributed by atoms with Crippen LogP contribution in [0.2, 0.25) is 0 Å². The Kier molecular flexibility index (Phi) is 5.70. The van der Waals surface area contributed by atoms with Crippen LogP contribution < -0.4 is 10.2 Å². The minimum atomic E-state index is -2.88. The number of likely N-dealkylation sites (tertiary alicyclic amines) is 1. The summed E-state index contributed by atoms with van der Waals surface area (Å²) in [7, 11) is 0. The molecule has 1 amide bonds. The van der Waals surface area contributed by atoms with Crippen LogP contribution >= 0.6 is 0 Å². The number of halogens is 3. The van der Waals surface area contributed by atoms with Crippen LogP contribution in [0.4, 0.5) is 24.5 Å². The fourth-order valence-corrected chi connectivity index (χ4v) is 5.59. The summed E-state index contributed by atoms with van der Waals surface area (Å²) in [6, 6.07) is 9.83. The molecule has 0 radical (unpaired) electrons. The van der Waals surface area contributed by atoms with Crippen molar-refractivity contribution in [3.05, 3.63) is 59.5 Å². The summed E-state index contributed by atoms with van der Waals surface area (Å²) in [5, 5.41) is 12.3. The molecule has 1 aromatic heterocycles. The average molecular weight is 498 g/mol. The van der Waals surface area contributed by atoms with E-state index in [1.54, 1.807) is 13.1 Å². The van der Waals surface area contributed by atoms with E-state index in [9.17, 15) is 18.0 Å². The van der Waals surface area contributed by atoms with Crippen molar-refractivity contribution < 1.29 is 22.7 Å². The fourth-order valence-electron chi connectivity index (χ4n) is 5.59. The minimum absolute atomic E-state index is 0.00103. The highest BCUT2D eigenvalue weighted by molar-refractivity contribution is 5.93. The van der Waals surface area contributed by atoms with Gasteiger partial charge in [-0.05, 0) is 31.5 Å². The van der Waals surface area contributed by atoms with Crippen molar-refractivity contribution in [1.29, 1.82) is 0 Å². The van der Waals surface area contributed by atoms with Gasteiger partial charge in [-0.3, -0.25) is 4.79 Å². The highest BCUT2D eigenvalue weighted by Gasteiger charge is 2.47. The molecule has 3 aliphatic heterocycles. The third kappa shape index (κ3) is 3.84. The van der Waals surface area contributed by atoms with Crippen molar-refractivity contribution in [3.63, 3.8) is 0 Å². The van der Waals surface area contributed by atoms with Crippen molar-refractivity contribution in [2.75, 3.05) is 36.5 Å². The van der Waals surface area contributed by atoms with E-state index in [1.807, 2.05) is 23.1 Å². The quantitative estimate of drug-likeness (QED) is 0.547. The molecule has 2 bridgehead atoms. The molecule has 1 N–H and O–H groups in total. The van der Waals surface area contributed by atoms with Gasteiger partial charge in [-0.1, -0.05) is 18.2 Å². The molecule has 0 unspecified atom stereocenters. The van der Waals surface area contributed by atoms with Crippen LogP contribution in [0.5, 0.6) is 0 Å². The summed E-state index contributed by atoms with van der Waals surface area (Å²) in [5.74, 6) is -0.704. The number of nitrogens with one attached hydrogen (secondary N) is 1. The summed E-state index contributed by atoms with van der Waals surface area (Å²) in [4.78, 5) is 17.1. The molecule has 0 aliphatic carbocycles. The summed E-state index contributed by atoms with van der Waals surface area (Å²) in [5.41, 5.74) is 1.88.